The third-order valence-electron chi connectivity index (χ3n) is 4.04. The minimum absolute atomic E-state index is 0.188. The summed E-state index contributed by atoms with van der Waals surface area (Å²) in [6.07, 6.45) is 1.62. The monoisotopic (exact) mass is 399 g/mol. The van der Waals surface area contributed by atoms with Crippen molar-refractivity contribution < 1.29 is 0 Å². The fraction of sp³-hybridized carbons (Fsp3) is 0.105. The van der Waals surface area contributed by atoms with Gasteiger partial charge in [0.05, 0.1) is 17.6 Å². The molecule has 0 saturated heterocycles. The van der Waals surface area contributed by atoms with Gasteiger partial charge in [-0.1, -0.05) is 41.9 Å². The number of aromatic nitrogens is 2. The maximum absolute atomic E-state index is 12.8. The number of nitrogens with one attached hydrogen (secondary N) is 2. The fourth-order valence-corrected chi connectivity index (χ4v) is 2.85. The molecule has 0 aliphatic rings. The molecular weight excluding hydrogens is 382 g/mol. The average molecular weight is 400 g/mol. The summed E-state index contributed by atoms with van der Waals surface area (Å²) >= 11 is 11.1. The molecule has 2 N–H and O–H groups in total. The van der Waals surface area contributed by atoms with Crippen LogP contribution >= 0.6 is 23.8 Å². The quantitative estimate of drug-likeness (QED) is 0.400. The molecule has 1 heterocycles. The van der Waals surface area contributed by atoms with E-state index >= 15 is 0 Å². The van der Waals surface area contributed by atoms with E-state index in [9.17, 15) is 4.79 Å². The van der Waals surface area contributed by atoms with Crippen LogP contribution in [0.15, 0.2) is 64.5 Å². The molecule has 0 atom stereocenters. The summed E-state index contributed by atoms with van der Waals surface area (Å²) in [5.74, 6) is 0. The second-order valence-electron chi connectivity index (χ2n) is 5.81. The van der Waals surface area contributed by atoms with Crippen molar-refractivity contribution in [3.05, 3.63) is 81.2 Å². The first-order chi connectivity index (χ1) is 13.0. The van der Waals surface area contributed by atoms with E-state index in [2.05, 4.69) is 15.8 Å². The van der Waals surface area contributed by atoms with Crippen LogP contribution in [0.1, 0.15) is 11.3 Å². The molecule has 1 aromatic heterocycles. The summed E-state index contributed by atoms with van der Waals surface area (Å²) in [5, 5.41) is 7.90. The second kappa shape index (κ2) is 8.20. The van der Waals surface area contributed by atoms with Crippen LogP contribution in [0.4, 0.5) is 5.69 Å². The number of thiocarbonyl (C=S) groups is 1. The zero-order chi connectivity index (χ0) is 19.4. The highest BCUT2D eigenvalue weighted by atomic mass is 35.5. The second-order valence-corrected chi connectivity index (χ2v) is 6.66. The number of nitrogens with zero attached hydrogens (tertiary/aromatic N) is 3. The van der Waals surface area contributed by atoms with Gasteiger partial charge in [-0.3, -0.25) is 14.9 Å². The minimum atomic E-state index is -0.188. The topological polar surface area (TPSA) is 63.4 Å². The summed E-state index contributed by atoms with van der Waals surface area (Å²) in [6, 6.07) is 16.6. The normalized spacial score (nSPS) is 10.9. The van der Waals surface area contributed by atoms with Gasteiger partial charge in [-0.2, -0.15) is 5.10 Å². The van der Waals surface area contributed by atoms with Crippen LogP contribution in [0.5, 0.6) is 0 Å². The average Bonchev–Trinajstić information content (AvgIpc) is 2.87. The van der Waals surface area contributed by atoms with Gasteiger partial charge in [0.2, 0.25) is 0 Å². The van der Waals surface area contributed by atoms with E-state index in [0.29, 0.717) is 10.7 Å². The molecule has 138 valence electrons. The molecule has 8 heteroatoms. The number of anilines is 1. The first-order valence-corrected chi connectivity index (χ1v) is 8.95. The van der Waals surface area contributed by atoms with Gasteiger partial charge < -0.3 is 5.32 Å². The van der Waals surface area contributed by atoms with Crippen molar-refractivity contribution in [2.75, 3.05) is 5.32 Å². The van der Waals surface area contributed by atoms with E-state index in [-0.39, 0.29) is 10.7 Å². The molecule has 6 nitrogen and oxygen atoms in total. The smallest absolute Gasteiger partial charge is 0.295 e. The van der Waals surface area contributed by atoms with Crippen molar-refractivity contribution >= 4 is 40.8 Å². The molecule has 2 aromatic carbocycles. The molecular formula is C19H18ClN5OS. The molecule has 0 aliphatic heterocycles. The molecule has 0 fully saturated rings. The van der Waals surface area contributed by atoms with Crippen LogP contribution < -0.4 is 16.3 Å². The van der Waals surface area contributed by atoms with Crippen molar-refractivity contribution in [2.45, 2.75) is 6.92 Å². The van der Waals surface area contributed by atoms with E-state index in [0.717, 1.165) is 16.9 Å². The molecule has 0 bridgehead atoms. The molecule has 3 aromatic rings. The molecule has 0 unspecified atom stereocenters. The van der Waals surface area contributed by atoms with Crippen LogP contribution in [0.3, 0.4) is 0 Å². The van der Waals surface area contributed by atoms with Gasteiger partial charge in [0, 0.05) is 12.1 Å². The van der Waals surface area contributed by atoms with Crippen LogP contribution in [0.25, 0.3) is 5.69 Å². The van der Waals surface area contributed by atoms with Crippen LogP contribution in [-0.2, 0) is 7.05 Å². The summed E-state index contributed by atoms with van der Waals surface area (Å²) < 4.78 is 3.36. The minimum Gasteiger partial charge on any atom is -0.325 e. The third-order valence-corrected chi connectivity index (χ3v) is 4.49. The lowest BCUT2D eigenvalue weighted by atomic mass is 10.2. The van der Waals surface area contributed by atoms with Crippen molar-refractivity contribution in [3.8, 4) is 5.69 Å². The van der Waals surface area contributed by atoms with Gasteiger partial charge in [0.1, 0.15) is 5.69 Å². The number of hydrogen-bond acceptors (Lipinski definition) is 3. The predicted molar refractivity (Wildman–Crippen MR) is 114 cm³/mol. The standard InChI is InChI=1S/C19H18ClN5OS/c1-13-17(18(26)25(24(13)2)16-6-4-3-5-7-16)22-19(27)23-21-12-14-8-10-15(20)11-9-14/h3-12H,1-2H3,(H2,22,23,27)/b21-12-. The summed E-state index contributed by atoms with van der Waals surface area (Å²) in [5.41, 5.74) is 5.34. The van der Waals surface area contributed by atoms with Crippen molar-refractivity contribution in [3.63, 3.8) is 0 Å². The Kier molecular flexibility index (Phi) is 5.73. The molecule has 0 spiro atoms. The molecule has 0 radical (unpaired) electrons. The number of rotatable bonds is 4. The Morgan fingerprint density at radius 1 is 1.15 bits per heavy atom. The summed E-state index contributed by atoms with van der Waals surface area (Å²) in [7, 11) is 1.82. The maximum Gasteiger partial charge on any atom is 0.295 e. The highest BCUT2D eigenvalue weighted by Crippen LogP contribution is 2.13. The van der Waals surface area contributed by atoms with E-state index in [1.54, 1.807) is 27.7 Å². The largest absolute Gasteiger partial charge is 0.325 e. The van der Waals surface area contributed by atoms with Gasteiger partial charge in [-0.25, -0.2) is 4.68 Å². The Bertz CT molecular complexity index is 1040. The van der Waals surface area contributed by atoms with Crippen LogP contribution in [-0.4, -0.2) is 20.7 Å². The Morgan fingerprint density at radius 2 is 1.81 bits per heavy atom. The summed E-state index contributed by atoms with van der Waals surface area (Å²) in [4.78, 5) is 12.8. The lowest BCUT2D eigenvalue weighted by Gasteiger charge is -2.07. The zero-order valence-corrected chi connectivity index (χ0v) is 16.4. The van der Waals surface area contributed by atoms with E-state index in [1.165, 1.54) is 0 Å². The van der Waals surface area contributed by atoms with Gasteiger partial charge in [0.15, 0.2) is 5.11 Å². The van der Waals surface area contributed by atoms with Crippen LogP contribution in [0.2, 0.25) is 5.02 Å². The molecule has 0 saturated carbocycles. The number of benzene rings is 2. The van der Waals surface area contributed by atoms with Gasteiger partial charge >= 0.3 is 0 Å². The zero-order valence-electron chi connectivity index (χ0n) is 14.8. The Hall–Kier alpha value is -2.90. The molecule has 3 rings (SSSR count). The van der Waals surface area contributed by atoms with E-state index in [1.807, 2.05) is 56.4 Å². The predicted octanol–water partition coefficient (Wildman–Crippen LogP) is 3.46. The maximum atomic E-state index is 12.8. The Morgan fingerprint density at radius 3 is 2.48 bits per heavy atom. The molecule has 0 aliphatic carbocycles. The number of halogens is 1. The van der Waals surface area contributed by atoms with Gasteiger partial charge in [-0.05, 0) is 49.0 Å². The SMILES string of the molecule is Cc1c(NC(=S)N/N=C\c2ccc(Cl)cc2)c(=O)n(-c2ccccc2)n1C. The highest BCUT2D eigenvalue weighted by Gasteiger charge is 2.16. The molecule has 27 heavy (non-hydrogen) atoms. The third kappa shape index (κ3) is 4.27. The first kappa shape index (κ1) is 18.9. The van der Waals surface area contributed by atoms with E-state index in [4.69, 9.17) is 23.8 Å². The van der Waals surface area contributed by atoms with E-state index < -0.39 is 0 Å². The van der Waals surface area contributed by atoms with Crippen molar-refractivity contribution in [1.82, 2.24) is 14.8 Å². The lowest BCUT2D eigenvalue weighted by Crippen LogP contribution is -2.28. The number of hydrazone groups is 1. The number of hydrogen-bond donors (Lipinski definition) is 2. The van der Waals surface area contributed by atoms with Gasteiger partial charge in [-0.15, -0.1) is 0 Å². The first-order valence-electron chi connectivity index (χ1n) is 8.17. The summed E-state index contributed by atoms with van der Waals surface area (Å²) in [6.45, 7) is 1.85. The van der Waals surface area contributed by atoms with Crippen LogP contribution in [0, 0.1) is 6.92 Å². The van der Waals surface area contributed by atoms with Gasteiger partial charge in [0.25, 0.3) is 5.56 Å². The highest BCUT2D eigenvalue weighted by molar-refractivity contribution is 7.80. The number of para-hydroxylation sites is 1. The Balaban J connectivity index is 1.75. The lowest BCUT2D eigenvalue weighted by molar-refractivity contribution is 0.630. The van der Waals surface area contributed by atoms with Crippen molar-refractivity contribution in [2.24, 2.45) is 12.1 Å². The molecule has 0 amide bonds. The van der Waals surface area contributed by atoms with Crippen molar-refractivity contribution in [1.29, 1.82) is 0 Å². The fourth-order valence-electron chi connectivity index (χ4n) is 2.57. The Labute approximate surface area is 167 Å².